The third-order valence-corrected chi connectivity index (χ3v) is 8.11. The van der Waals surface area contributed by atoms with Gasteiger partial charge in [-0.25, -0.2) is 4.39 Å². The Balaban J connectivity index is 1.73. The maximum absolute atomic E-state index is 12.8. The van der Waals surface area contributed by atoms with Crippen molar-refractivity contribution in [3.63, 3.8) is 0 Å². The molecule has 0 atom stereocenters. The molecule has 0 spiro atoms. The number of hydrogen-bond acceptors (Lipinski definition) is 5. The van der Waals surface area contributed by atoms with Crippen LogP contribution < -0.4 is 14.8 Å². The molecule has 0 bridgehead atoms. The molecule has 2 N–H and O–H groups in total. The van der Waals surface area contributed by atoms with Crippen LogP contribution in [0, 0.1) is 0 Å². The number of benzene rings is 1. The van der Waals surface area contributed by atoms with E-state index in [2.05, 4.69) is 10.0 Å². The molecule has 0 radical (unpaired) electrons. The van der Waals surface area contributed by atoms with Gasteiger partial charge in [0.1, 0.15) is 12.4 Å². The van der Waals surface area contributed by atoms with E-state index < -0.39 is 16.9 Å². The molecule has 1 aliphatic heterocycles. The molecule has 164 valence electrons. The minimum Gasteiger partial charge on any atom is -0.496 e. The summed E-state index contributed by atoms with van der Waals surface area (Å²) in [6, 6.07) is 11.0. The lowest BCUT2D eigenvalue weighted by molar-refractivity contribution is 0.0930. The van der Waals surface area contributed by atoms with E-state index in [1.54, 1.807) is 35.6 Å². The summed E-state index contributed by atoms with van der Waals surface area (Å²) in [4.78, 5) is 13.9. The lowest BCUT2D eigenvalue weighted by Gasteiger charge is -2.40. The first-order valence-corrected chi connectivity index (χ1v) is 12.0. The molecule has 2 heterocycles. The number of thiophene rings is 1. The first kappa shape index (κ1) is 22.7. The van der Waals surface area contributed by atoms with E-state index in [0.717, 1.165) is 4.88 Å². The summed E-state index contributed by atoms with van der Waals surface area (Å²) < 4.78 is 45.9. The van der Waals surface area contributed by atoms with Crippen molar-refractivity contribution in [1.82, 2.24) is 14.3 Å². The Morgan fingerprint density at radius 1 is 1.23 bits per heavy atom. The molecule has 10 heteroatoms. The molecular weight excluding hydrogens is 429 g/mol. The summed E-state index contributed by atoms with van der Waals surface area (Å²) in [5.74, 6) is 0.267. The largest absolute Gasteiger partial charge is 0.496 e. The Morgan fingerprint density at radius 2 is 1.97 bits per heavy atom. The molecular formula is C20H26FN3O4S2. The second kappa shape index (κ2) is 9.86. The second-order valence-corrected chi connectivity index (χ2v) is 9.83. The molecule has 0 unspecified atom stereocenters. The van der Waals surface area contributed by atoms with Crippen LogP contribution in [0.4, 0.5) is 4.39 Å². The Labute approximate surface area is 180 Å². The van der Waals surface area contributed by atoms with Crippen molar-refractivity contribution in [1.29, 1.82) is 0 Å². The lowest BCUT2D eigenvalue weighted by atomic mass is 9.77. The molecule has 7 nitrogen and oxygen atoms in total. The molecule has 2 aromatic rings. The van der Waals surface area contributed by atoms with Crippen molar-refractivity contribution >= 4 is 27.5 Å². The van der Waals surface area contributed by atoms with Crippen LogP contribution in [0.3, 0.4) is 0 Å². The van der Waals surface area contributed by atoms with Gasteiger partial charge in [0.25, 0.3) is 16.1 Å². The van der Waals surface area contributed by atoms with Crippen molar-refractivity contribution in [3.05, 3.63) is 52.2 Å². The molecule has 1 aromatic carbocycles. The number of nitrogens with zero attached hydrogens (tertiary/aromatic N) is 1. The summed E-state index contributed by atoms with van der Waals surface area (Å²) in [6.07, 6.45) is 1.10. The second-order valence-electron chi connectivity index (χ2n) is 7.13. The minimum atomic E-state index is -3.70. The fourth-order valence-electron chi connectivity index (χ4n) is 3.68. The van der Waals surface area contributed by atoms with Gasteiger partial charge in [0, 0.05) is 36.5 Å². The monoisotopic (exact) mass is 455 g/mol. The fraction of sp³-hybridized carbons (Fsp3) is 0.450. The number of alkyl halides is 1. The van der Waals surface area contributed by atoms with Gasteiger partial charge in [-0.3, -0.25) is 4.79 Å². The fourth-order valence-corrected chi connectivity index (χ4v) is 5.85. The molecule has 0 aliphatic carbocycles. The molecule has 30 heavy (non-hydrogen) atoms. The van der Waals surface area contributed by atoms with Gasteiger partial charge in [0.15, 0.2) is 0 Å². The van der Waals surface area contributed by atoms with Crippen LogP contribution in [0.1, 0.15) is 28.1 Å². The maximum atomic E-state index is 12.8. The number of carbonyl (C=O) groups is 1. The normalized spacial score (nSPS) is 16.9. The van der Waals surface area contributed by atoms with Crippen LogP contribution in [0.5, 0.6) is 5.75 Å². The average molecular weight is 456 g/mol. The maximum Gasteiger partial charge on any atom is 0.279 e. The zero-order chi connectivity index (χ0) is 21.6. The first-order chi connectivity index (χ1) is 14.4. The van der Waals surface area contributed by atoms with Crippen LogP contribution in [-0.2, 0) is 15.6 Å². The van der Waals surface area contributed by atoms with Crippen LogP contribution in [0.2, 0.25) is 0 Å². The molecule has 1 aromatic heterocycles. The van der Waals surface area contributed by atoms with E-state index in [0.29, 0.717) is 43.8 Å². The van der Waals surface area contributed by atoms with E-state index >= 15 is 0 Å². The smallest absolute Gasteiger partial charge is 0.279 e. The zero-order valence-corrected chi connectivity index (χ0v) is 18.4. The van der Waals surface area contributed by atoms with Crippen molar-refractivity contribution in [2.75, 3.05) is 40.0 Å². The highest BCUT2D eigenvalue weighted by molar-refractivity contribution is 7.87. The van der Waals surface area contributed by atoms with E-state index in [1.807, 2.05) is 17.5 Å². The number of amides is 1. The average Bonchev–Trinajstić information content (AvgIpc) is 3.32. The van der Waals surface area contributed by atoms with E-state index in [9.17, 15) is 17.6 Å². The van der Waals surface area contributed by atoms with Crippen molar-refractivity contribution in [2.24, 2.45) is 0 Å². The number of ether oxygens (including phenoxy) is 1. The molecule has 0 saturated carbocycles. The Morgan fingerprint density at radius 3 is 2.60 bits per heavy atom. The van der Waals surface area contributed by atoms with Gasteiger partial charge in [-0.2, -0.15) is 17.4 Å². The summed E-state index contributed by atoms with van der Waals surface area (Å²) >= 11 is 1.60. The van der Waals surface area contributed by atoms with Crippen molar-refractivity contribution in [2.45, 2.75) is 18.3 Å². The van der Waals surface area contributed by atoms with Gasteiger partial charge in [-0.05, 0) is 36.4 Å². The Bertz CT molecular complexity index is 943. The Hall–Kier alpha value is -2.01. The highest BCUT2D eigenvalue weighted by atomic mass is 32.2. The van der Waals surface area contributed by atoms with Gasteiger partial charge >= 0.3 is 0 Å². The minimum absolute atomic E-state index is 0.232. The van der Waals surface area contributed by atoms with E-state index in [4.69, 9.17) is 4.74 Å². The van der Waals surface area contributed by atoms with Gasteiger partial charge in [0.2, 0.25) is 0 Å². The number of hydrogen-bond donors (Lipinski definition) is 2. The highest BCUT2D eigenvalue weighted by Crippen LogP contribution is 2.38. The highest BCUT2D eigenvalue weighted by Gasteiger charge is 2.40. The van der Waals surface area contributed by atoms with E-state index in [1.165, 1.54) is 11.4 Å². The van der Waals surface area contributed by atoms with E-state index in [-0.39, 0.29) is 17.9 Å². The first-order valence-electron chi connectivity index (χ1n) is 9.68. The lowest BCUT2D eigenvalue weighted by Crippen LogP contribution is -2.52. The number of para-hydroxylation sites is 1. The summed E-state index contributed by atoms with van der Waals surface area (Å²) in [5, 5.41) is 4.99. The molecule has 3 rings (SSSR count). The predicted molar refractivity (Wildman–Crippen MR) is 115 cm³/mol. The summed E-state index contributed by atoms with van der Waals surface area (Å²) in [7, 11) is -2.18. The number of rotatable bonds is 9. The SMILES string of the molecule is COc1ccccc1C(=O)NCC1(c2cccs2)CCN(S(=O)(=O)NCCF)CC1. The van der Waals surface area contributed by atoms with Gasteiger partial charge in [-0.15, -0.1) is 11.3 Å². The number of methoxy groups -OCH3 is 1. The third-order valence-electron chi connectivity index (χ3n) is 5.38. The van der Waals surface area contributed by atoms with Crippen molar-refractivity contribution < 1.29 is 22.3 Å². The quantitative estimate of drug-likeness (QED) is 0.608. The number of halogens is 1. The predicted octanol–water partition coefficient (Wildman–Crippen LogP) is 2.32. The number of nitrogens with one attached hydrogen (secondary N) is 2. The molecule has 1 fully saturated rings. The van der Waals surface area contributed by atoms with Crippen LogP contribution >= 0.6 is 11.3 Å². The zero-order valence-electron chi connectivity index (χ0n) is 16.8. The summed E-state index contributed by atoms with van der Waals surface area (Å²) in [5.41, 5.74) is 0.0922. The van der Waals surface area contributed by atoms with Crippen LogP contribution in [0.25, 0.3) is 0 Å². The topological polar surface area (TPSA) is 87.7 Å². The van der Waals surface area contributed by atoms with Gasteiger partial charge in [0.05, 0.1) is 12.7 Å². The molecule has 1 amide bonds. The van der Waals surface area contributed by atoms with Gasteiger partial charge < -0.3 is 10.1 Å². The molecule has 1 saturated heterocycles. The molecule has 1 aliphatic rings. The standard InChI is InChI=1S/C20H26FN3O4S2/c1-28-17-6-3-2-5-16(17)19(25)22-15-20(18-7-4-14-29-18)8-12-24(13-9-20)30(26,27)23-11-10-21/h2-7,14,23H,8-13,15H2,1H3,(H,22,25). The van der Waals surface area contributed by atoms with Crippen LogP contribution in [0.15, 0.2) is 41.8 Å². The third kappa shape index (κ3) is 5.00. The Kier molecular flexibility index (Phi) is 7.45. The number of piperidine rings is 1. The van der Waals surface area contributed by atoms with Crippen LogP contribution in [-0.4, -0.2) is 58.6 Å². The van der Waals surface area contributed by atoms with Crippen molar-refractivity contribution in [3.8, 4) is 5.75 Å². The van der Waals surface area contributed by atoms with Gasteiger partial charge in [-0.1, -0.05) is 18.2 Å². The number of carbonyl (C=O) groups excluding carboxylic acids is 1. The summed E-state index contributed by atoms with van der Waals surface area (Å²) in [6.45, 7) is -0.00463.